The fourth-order valence-electron chi connectivity index (χ4n) is 4.89. The van der Waals surface area contributed by atoms with Gasteiger partial charge in [-0.3, -0.25) is 0 Å². The van der Waals surface area contributed by atoms with E-state index in [1.54, 1.807) is 14.4 Å². The Balaban J connectivity index is 0.00000112. The molecule has 3 heteroatoms. The van der Waals surface area contributed by atoms with Gasteiger partial charge in [-0.1, -0.05) is 0 Å². The molecule has 0 saturated carbocycles. The van der Waals surface area contributed by atoms with Crippen LogP contribution in [0.1, 0.15) is 29.6 Å². The van der Waals surface area contributed by atoms with E-state index in [0.29, 0.717) is 7.35 Å². The van der Waals surface area contributed by atoms with Crippen molar-refractivity contribution < 1.29 is 20.0 Å². The Bertz CT molecular complexity index is 962. The second-order valence-corrected chi connectivity index (χ2v) is 23.3. The summed E-state index contributed by atoms with van der Waals surface area (Å²) < 4.78 is 5.46. The van der Waals surface area contributed by atoms with Crippen LogP contribution in [0.25, 0.3) is 12.2 Å². The summed E-state index contributed by atoms with van der Waals surface area (Å²) in [5.74, 6) is 0. The molecule has 3 aromatic rings. The van der Waals surface area contributed by atoms with Crippen molar-refractivity contribution in [3.63, 3.8) is 0 Å². The van der Waals surface area contributed by atoms with Crippen molar-refractivity contribution in [3.05, 3.63) is 113 Å². The normalized spacial score (nSPS) is 20.5. The van der Waals surface area contributed by atoms with Gasteiger partial charge in [0.15, 0.2) is 0 Å². The van der Waals surface area contributed by atoms with E-state index in [1.165, 1.54) is 11.1 Å². The molecule has 2 atom stereocenters. The molecule has 2 aliphatic carbocycles. The van der Waals surface area contributed by atoms with Gasteiger partial charge >= 0.3 is 161 Å². The zero-order chi connectivity index (χ0) is 17.6. The Hall–Kier alpha value is -1.41. The molecule has 2 unspecified atom stereocenters. The molecule has 0 aliphatic heterocycles. The third-order valence-corrected chi connectivity index (χ3v) is 24.9. The van der Waals surface area contributed by atoms with E-state index in [9.17, 15) is 0 Å². The number of fused-ring (bicyclic) bond motifs is 2. The van der Waals surface area contributed by atoms with E-state index < -0.39 is 20.0 Å². The van der Waals surface area contributed by atoms with E-state index in [-0.39, 0.29) is 24.8 Å². The van der Waals surface area contributed by atoms with Crippen molar-refractivity contribution in [2.24, 2.45) is 0 Å². The maximum atomic E-state index is 2.66. The quantitative estimate of drug-likeness (QED) is 0.299. The van der Waals surface area contributed by atoms with Gasteiger partial charge in [-0.15, -0.1) is 24.8 Å². The van der Waals surface area contributed by atoms with Crippen LogP contribution in [0.2, 0.25) is 4.68 Å². The van der Waals surface area contributed by atoms with E-state index >= 15 is 0 Å². The average molecular weight is 574 g/mol. The summed E-state index contributed by atoms with van der Waals surface area (Å²) in [5, 5.41) is 0. The third-order valence-electron chi connectivity index (χ3n) is 6.29. The summed E-state index contributed by atoms with van der Waals surface area (Å²) in [6.45, 7) is 0. The molecule has 0 bridgehead atoms. The molecule has 0 nitrogen and oxygen atoms in total. The molecule has 0 radical (unpaired) electrons. The Labute approximate surface area is 184 Å². The van der Waals surface area contributed by atoms with Gasteiger partial charge in [-0.25, -0.2) is 0 Å². The summed E-state index contributed by atoms with van der Waals surface area (Å²) in [5.41, 5.74) is 5.90. The van der Waals surface area contributed by atoms with Gasteiger partial charge < -0.3 is 0 Å². The Morgan fingerprint density at radius 3 is 1.50 bits per heavy atom. The second-order valence-electron chi connectivity index (χ2n) is 7.58. The van der Waals surface area contributed by atoms with Crippen LogP contribution >= 0.6 is 24.8 Å². The van der Waals surface area contributed by atoms with Crippen molar-refractivity contribution in [2.45, 2.75) is 12.0 Å². The summed E-state index contributed by atoms with van der Waals surface area (Å²) in [6, 6.07) is 29.4. The first-order chi connectivity index (χ1) is 12.8. The van der Waals surface area contributed by atoms with Gasteiger partial charge in [0.05, 0.1) is 0 Å². The van der Waals surface area contributed by atoms with Gasteiger partial charge in [0.2, 0.25) is 0 Å². The van der Waals surface area contributed by atoms with Crippen molar-refractivity contribution >= 4 is 40.3 Å². The molecule has 0 N–H and O–H groups in total. The SMILES string of the molecule is Cl.Cl.[CH3][Hf]([c]1ccccc1)([CH]1C=Cc2ccccc21)[CH]1C=Cc2ccccc21. The first-order valence-electron chi connectivity index (χ1n) is 9.38. The number of allylic oxidation sites excluding steroid dienone is 2. The molecular formula is C25H24Cl2Hf. The molecule has 0 aromatic heterocycles. The van der Waals surface area contributed by atoms with E-state index in [1.807, 2.05) is 0 Å². The molecule has 0 heterocycles. The summed E-state index contributed by atoms with van der Waals surface area (Å²) >= 11 is -3.08. The molecule has 142 valence electrons. The number of hydrogen-bond acceptors (Lipinski definition) is 0. The molecular weight excluding hydrogens is 550 g/mol. The summed E-state index contributed by atoms with van der Waals surface area (Å²) in [6.07, 6.45) is 9.72. The van der Waals surface area contributed by atoms with Crippen LogP contribution in [-0.2, 0) is 20.0 Å². The van der Waals surface area contributed by atoms with E-state index in [4.69, 9.17) is 0 Å². The monoisotopic (exact) mass is 574 g/mol. The van der Waals surface area contributed by atoms with Gasteiger partial charge in [0, 0.05) is 0 Å². The first kappa shape index (κ1) is 21.3. The summed E-state index contributed by atoms with van der Waals surface area (Å²) in [4.78, 5) is 0. The first-order valence-corrected chi connectivity index (χ1v) is 18.9. The van der Waals surface area contributed by atoms with Crippen LogP contribution < -0.4 is 3.32 Å². The Kier molecular flexibility index (Phi) is 6.49. The van der Waals surface area contributed by atoms with Gasteiger partial charge in [0.25, 0.3) is 0 Å². The van der Waals surface area contributed by atoms with Crippen LogP contribution in [-0.4, -0.2) is 0 Å². The van der Waals surface area contributed by atoms with E-state index in [2.05, 4.69) is 108 Å². The number of hydrogen-bond donors (Lipinski definition) is 0. The zero-order valence-electron chi connectivity index (χ0n) is 15.8. The van der Waals surface area contributed by atoms with Crippen LogP contribution in [0.3, 0.4) is 0 Å². The van der Waals surface area contributed by atoms with E-state index in [0.717, 1.165) is 0 Å². The molecule has 0 saturated heterocycles. The zero-order valence-corrected chi connectivity index (χ0v) is 21.0. The van der Waals surface area contributed by atoms with Gasteiger partial charge in [0.1, 0.15) is 0 Å². The standard InChI is InChI=1S/2C9H7.C6H5.CH3.2ClH.Hf/c2*1-2-5-9-7-3-6-8(9)4-1;1-2-4-6-5-3-1;;;;/h2*1-7H;1-5H;1H3;2*1H;. The molecule has 3 aromatic carbocycles. The predicted octanol–water partition coefficient (Wildman–Crippen LogP) is 6.89. The maximum absolute atomic E-state index is 3.08. The van der Waals surface area contributed by atoms with Gasteiger partial charge in [-0.05, 0) is 0 Å². The van der Waals surface area contributed by atoms with Crippen molar-refractivity contribution in [1.29, 1.82) is 0 Å². The van der Waals surface area contributed by atoms with Crippen molar-refractivity contribution in [1.82, 2.24) is 0 Å². The number of rotatable bonds is 3. The predicted molar refractivity (Wildman–Crippen MR) is 123 cm³/mol. The van der Waals surface area contributed by atoms with Crippen molar-refractivity contribution in [2.75, 3.05) is 0 Å². The van der Waals surface area contributed by atoms with Crippen LogP contribution in [0, 0.1) is 0 Å². The van der Waals surface area contributed by atoms with Crippen LogP contribution in [0.4, 0.5) is 0 Å². The number of halogens is 2. The van der Waals surface area contributed by atoms with Crippen molar-refractivity contribution in [3.8, 4) is 0 Å². The Morgan fingerprint density at radius 1 is 0.571 bits per heavy atom. The molecule has 0 amide bonds. The minimum atomic E-state index is -3.08. The molecule has 5 rings (SSSR count). The molecule has 0 spiro atoms. The van der Waals surface area contributed by atoms with Crippen LogP contribution in [0.5, 0.6) is 0 Å². The van der Waals surface area contributed by atoms with Crippen LogP contribution in [0.15, 0.2) is 91.0 Å². The topological polar surface area (TPSA) is 0 Å². The number of benzene rings is 3. The van der Waals surface area contributed by atoms with Gasteiger partial charge in [-0.2, -0.15) is 0 Å². The second kappa shape index (κ2) is 8.53. The molecule has 28 heavy (non-hydrogen) atoms. The fourth-order valence-corrected chi connectivity index (χ4v) is 22.2. The minimum absolute atomic E-state index is 0. The Morgan fingerprint density at radius 2 is 1.00 bits per heavy atom. The summed E-state index contributed by atoms with van der Waals surface area (Å²) in [7, 11) is 0. The molecule has 0 fully saturated rings. The average Bonchev–Trinajstić information content (AvgIpc) is 3.33. The molecule has 2 aliphatic rings. The fraction of sp³-hybridized carbons (Fsp3) is 0.120. The third kappa shape index (κ3) is 3.28.